The molecule has 3 amide bonds. The molecule has 0 bridgehead atoms. The molecule has 2 atom stereocenters. The first-order chi connectivity index (χ1) is 9.43. The molecule has 0 saturated carbocycles. The minimum Gasteiger partial charge on any atom is -0.389 e. The van der Waals surface area contributed by atoms with Gasteiger partial charge >= 0.3 is 6.03 Å². The van der Waals surface area contributed by atoms with E-state index in [0.717, 1.165) is 0 Å². The van der Waals surface area contributed by atoms with Crippen LogP contribution in [0, 0.1) is 0 Å². The standard InChI is InChI=1S/C14H21N3O3/c1-4-15-13(19)9(2)16-14(20)17-12-7-5-6-11(8-12)10(3)18/h5-10,18H,4H2,1-3H3,(H,15,19)(H2,16,17,20). The van der Waals surface area contributed by atoms with Crippen LogP contribution in [0.3, 0.4) is 0 Å². The molecule has 2 unspecified atom stereocenters. The minimum atomic E-state index is -0.616. The predicted octanol–water partition coefficient (Wildman–Crippen LogP) is 1.39. The Morgan fingerprint density at radius 2 is 2.00 bits per heavy atom. The molecule has 1 rings (SSSR count). The third-order valence-corrected chi connectivity index (χ3v) is 2.72. The van der Waals surface area contributed by atoms with E-state index in [1.807, 2.05) is 6.92 Å². The molecular formula is C14H21N3O3. The van der Waals surface area contributed by atoms with Crippen LogP contribution in [0.25, 0.3) is 0 Å². The van der Waals surface area contributed by atoms with Crippen molar-refractivity contribution in [3.8, 4) is 0 Å². The summed E-state index contributed by atoms with van der Waals surface area (Å²) in [4.78, 5) is 23.2. The van der Waals surface area contributed by atoms with Crippen molar-refractivity contribution in [3.05, 3.63) is 29.8 Å². The van der Waals surface area contributed by atoms with Gasteiger partial charge in [0.2, 0.25) is 5.91 Å². The SMILES string of the molecule is CCNC(=O)C(C)NC(=O)Nc1cccc(C(C)O)c1. The highest BCUT2D eigenvalue weighted by Crippen LogP contribution is 2.16. The predicted molar refractivity (Wildman–Crippen MR) is 77.4 cm³/mol. The zero-order valence-electron chi connectivity index (χ0n) is 11.9. The van der Waals surface area contributed by atoms with Gasteiger partial charge in [-0.1, -0.05) is 12.1 Å². The summed E-state index contributed by atoms with van der Waals surface area (Å²) in [6, 6.07) is 5.82. The number of carbonyl (C=O) groups excluding carboxylic acids is 2. The van der Waals surface area contributed by atoms with Gasteiger partial charge in [-0.15, -0.1) is 0 Å². The highest BCUT2D eigenvalue weighted by Gasteiger charge is 2.14. The van der Waals surface area contributed by atoms with Gasteiger partial charge in [0.15, 0.2) is 0 Å². The van der Waals surface area contributed by atoms with Gasteiger partial charge in [0.1, 0.15) is 6.04 Å². The van der Waals surface area contributed by atoms with Crippen LogP contribution in [0.4, 0.5) is 10.5 Å². The van der Waals surface area contributed by atoms with E-state index in [1.165, 1.54) is 0 Å². The van der Waals surface area contributed by atoms with Crippen LogP contribution in [0.15, 0.2) is 24.3 Å². The van der Waals surface area contributed by atoms with Crippen LogP contribution in [0.5, 0.6) is 0 Å². The van der Waals surface area contributed by atoms with Gasteiger partial charge in [0, 0.05) is 12.2 Å². The lowest BCUT2D eigenvalue weighted by Gasteiger charge is -2.14. The summed E-state index contributed by atoms with van der Waals surface area (Å²) < 4.78 is 0. The van der Waals surface area contributed by atoms with Crippen molar-refractivity contribution in [2.45, 2.75) is 32.9 Å². The molecule has 6 heteroatoms. The number of aliphatic hydroxyl groups excluding tert-OH is 1. The van der Waals surface area contributed by atoms with Crippen molar-refractivity contribution >= 4 is 17.6 Å². The Bertz CT molecular complexity index is 474. The number of amides is 3. The number of nitrogens with one attached hydrogen (secondary N) is 3. The fourth-order valence-electron chi connectivity index (χ4n) is 1.63. The van der Waals surface area contributed by atoms with Gasteiger partial charge in [0.25, 0.3) is 0 Å². The van der Waals surface area contributed by atoms with E-state index in [0.29, 0.717) is 17.8 Å². The number of anilines is 1. The van der Waals surface area contributed by atoms with Gasteiger partial charge in [0.05, 0.1) is 6.10 Å². The molecular weight excluding hydrogens is 258 g/mol. The maximum Gasteiger partial charge on any atom is 0.319 e. The fraction of sp³-hybridized carbons (Fsp3) is 0.429. The minimum absolute atomic E-state index is 0.236. The van der Waals surface area contributed by atoms with Crippen LogP contribution in [0.1, 0.15) is 32.4 Å². The highest BCUT2D eigenvalue weighted by atomic mass is 16.3. The Hall–Kier alpha value is -2.08. The molecule has 0 saturated heterocycles. The van der Waals surface area contributed by atoms with Crippen molar-refractivity contribution in [1.82, 2.24) is 10.6 Å². The quantitative estimate of drug-likeness (QED) is 0.656. The Kier molecular flexibility index (Phi) is 5.99. The summed E-state index contributed by atoms with van der Waals surface area (Å²) in [6.07, 6.45) is -0.603. The topological polar surface area (TPSA) is 90.5 Å². The first-order valence-electron chi connectivity index (χ1n) is 6.57. The molecule has 4 N–H and O–H groups in total. The second-order valence-electron chi connectivity index (χ2n) is 4.52. The molecule has 0 spiro atoms. The molecule has 0 aliphatic carbocycles. The first kappa shape index (κ1) is 16.0. The first-order valence-corrected chi connectivity index (χ1v) is 6.57. The average molecular weight is 279 g/mol. The number of aliphatic hydroxyl groups is 1. The van der Waals surface area contributed by atoms with Crippen LogP contribution in [0.2, 0.25) is 0 Å². The van der Waals surface area contributed by atoms with Gasteiger partial charge < -0.3 is 21.1 Å². The van der Waals surface area contributed by atoms with E-state index in [9.17, 15) is 14.7 Å². The van der Waals surface area contributed by atoms with Crippen molar-refractivity contribution in [3.63, 3.8) is 0 Å². The molecule has 20 heavy (non-hydrogen) atoms. The number of rotatable bonds is 5. The smallest absolute Gasteiger partial charge is 0.319 e. The van der Waals surface area contributed by atoms with Crippen LogP contribution < -0.4 is 16.0 Å². The van der Waals surface area contributed by atoms with E-state index < -0.39 is 18.2 Å². The maximum absolute atomic E-state index is 11.7. The maximum atomic E-state index is 11.7. The summed E-state index contributed by atoms with van der Waals surface area (Å²) in [5, 5.41) is 17.3. The zero-order chi connectivity index (χ0) is 15.1. The molecule has 0 heterocycles. The molecule has 1 aromatic rings. The zero-order valence-corrected chi connectivity index (χ0v) is 11.9. The van der Waals surface area contributed by atoms with E-state index in [1.54, 1.807) is 38.1 Å². The molecule has 0 fully saturated rings. The number of urea groups is 1. The Balaban J connectivity index is 2.58. The van der Waals surface area contributed by atoms with Crippen molar-refractivity contribution in [2.24, 2.45) is 0 Å². The second-order valence-corrected chi connectivity index (χ2v) is 4.52. The number of benzene rings is 1. The third-order valence-electron chi connectivity index (χ3n) is 2.72. The van der Waals surface area contributed by atoms with E-state index in [4.69, 9.17) is 0 Å². The Morgan fingerprint density at radius 1 is 1.30 bits per heavy atom. The van der Waals surface area contributed by atoms with Gasteiger partial charge in [-0.2, -0.15) is 0 Å². The number of hydrogen-bond acceptors (Lipinski definition) is 3. The normalized spacial score (nSPS) is 13.2. The van der Waals surface area contributed by atoms with Crippen molar-refractivity contribution in [2.75, 3.05) is 11.9 Å². The largest absolute Gasteiger partial charge is 0.389 e. The van der Waals surface area contributed by atoms with Gasteiger partial charge in [-0.25, -0.2) is 4.79 Å². The molecule has 0 aliphatic heterocycles. The summed E-state index contributed by atoms with van der Waals surface area (Å²) >= 11 is 0. The number of carbonyl (C=O) groups is 2. The molecule has 1 aromatic carbocycles. The lowest BCUT2D eigenvalue weighted by atomic mass is 10.1. The molecule has 0 aliphatic rings. The molecule has 6 nitrogen and oxygen atoms in total. The van der Waals surface area contributed by atoms with Crippen molar-refractivity contribution < 1.29 is 14.7 Å². The Labute approximate surface area is 118 Å². The average Bonchev–Trinajstić information content (AvgIpc) is 2.39. The fourth-order valence-corrected chi connectivity index (χ4v) is 1.63. The van der Waals surface area contributed by atoms with E-state index in [-0.39, 0.29) is 5.91 Å². The molecule has 0 aromatic heterocycles. The highest BCUT2D eigenvalue weighted by molar-refractivity contribution is 5.93. The lowest BCUT2D eigenvalue weighted by Crippen LogP contribution is -2.46. The second kappa shape index (κ2) is 7.49. The third kappa shape index (κ3) is 4.89. The molecule has 110 valence electrons. The molecule has 0 radical (unpaired) electrons. The van der Waals surface area contributed by atoms with Crippen LogP contribution in [-0.4, -0.2) is 29.6 Å². The number of likely N-dealkylation sites (N-methyl/N-ethyl adjacent to an activating group) is 1. The summed E-state index contributed by atoms with van der Waals surface area (Å²) in [6.45, 7) is 5.59. The van der Waals surface area contributed by atoms with E-state index in [2.05, 4.69) is 16.0 Å². The monoisotopic (exact) mass is 279 g/mol. The Morgan fingerprint density at radius 3 is 2.60 bits per heavy atom. The van der Waals surface area contributed by atoms with Crippen LogP contribution in [-0.2, 0) is 4.79 Å². The lowest BCUT2D eigenvalue weighted by molar-refractivity contribution is -0.122. The van der Waals surface area contributed by atoms with Gasteiger partial charge in [-0.05, 0) is 38.5 Å². The number of hydrogen-bond donors (Lipinski definition) is 4. The van der Waals surface area contributed by atoms with E-state index >= 15 is 0 Å². The van der Waals surface area contributed by atoms with Crippen molar-refractivity contribution in [1.29, 1.82) is 0 Å². The van der Waals surface area contributed by atoms with Gasteiger partial charge in [-0.3, -0.25) is 4.79 Å². The summed E-state index contributed by atoms with van der Waals surface area (Å²) in [7, 11) is 0. The summed E-state index contributed by atoms with van der Waals surface area (Å²) in [5.41, 5.74) is 1.27. The van der Waals surface area contributed by atoms with Crippen LogP contribution >= 0.6 is 0 Å². The summed E-state index contributed by atoms with van der Waals surface area (Å²) in [5.74, 6) is -0.236.